The number of para-hydroxylation sites is 1. The van der Waals surface area contributed by atoms with Crippen molar-refractivity contribution < 1.29 is 9.18 Å². The van der Waals surface area contributed by atoms with Gasteiger partial charge in [0.05, 0.1) is 12.2 Å². The van der Waals surface area contributed by atoms with Crippen LogP contribution in [-0.2, 0) is 4.79 Å². The topological polar surface area (TPSA) is 41.1 Å². The van der Waals surface area contributed by atoms with E-state index in [1.165, 1.54) is 12.1 Å². The number of benzene rings is 2. The summed E-state index contributed by atoms with van der Waals surface area (Å²) in [4.78, 5) is 11.7. The normalized spacial score (nSPS) is 10.2. The minimum atomic E-state index is -0.457. The highest BCUT2D eigenvalue weighted by atomic mass is 127. The molecule has 3 nitrogen and oxygen atoms in total. The third kappa shape index (κ3) is 4.08. The molecule has 2 aromatic carbocycles. The lowest BCUT2D eigenvalue weighted by Gasteiger charge is -2.10. The highest BCUT2D eigenvalue weighted by Gasteiger charge is 2.07. The minimum absolute atomic E-state index is 0.0476. The van der Waals surface area contributed by atoms with Gasteiger partial charge in [0.15, 0.2) is 0 Å². The zero-order chi connectivity index (χ0) is 14.5. The van der Waals surface area contributed by atoms with E-state index in [2.05, 4.69) is 33.2 Å². The van der Waals surface area contributed by atoms with Crippen LogP contribution in [0.5, 0.6) is 0 Å². The molecule has 0 radical (unpaired) electrons. The number of hydrogen-bond donors (Lipinski definition) is 2. The minimum Gasteiger partial charge on any atom is -0.375 e. The van der Waals surface area contributed by atoms with Crippen LogP contribution in [0.4, 0.5) is 15.8 Å². The lowest BCUT2D eigenvalue weighted by molar-refractivity contribution is -0.114. The molecule has 0 atom stereocenters. The molecule has 2 N–H and O–H groups in total. The van der Waals surface area contributed by atoms with Crippen LogP contribution in [0, 0.1) is 9.39 Å². The Morgan fingerprint density at radius 3 is 2.65 bits per heavy atom. The smallest absolute Gasteiger partial charge is 0.243 e. The molecule has 0 saturated carbocycles. The van der Waals surface area contributed by atoms with Crippen molar-refractivity contribution >= 4 is 51.5 Å². The van der Waals surface area contributed by atoms with Crippen molar-refractivity contribution in [1.29, 1.82) is 0 Å². The first-order valence-corrected chi connectivity index (χ1v) is 7.25. The fourth-order valence-electron chi connectivity index (χ4n) is 1.57. The second-order valence-electron chi connectivity index (χ2n) is 4.01. The molecule has 0 aromatic heterocycles. The number of carbonyl (C=O) groups is 1. The summed E-state index contributed by atoms with van der Waals surface area (Å²) in [5.41, 5.74) is 0.976. The summed E-state index contributed by atoms with van der Waals surface area (Å²) in [6.07, 6.45) is 0. The van der Waals surface area contributed by atoms with E-state index in [1.54, 1.807) is 30.3 Å². The van der Waals surface area contributed by atoms with Gasteiger partial charge >= 0.3 is 0 Å². The largest absolute Gasteiger partial charge is 0.375 e. The van der Waals surface area contributed by atoms with Crippen LogP contribution >= 0.6 is 34.2 Å². The summed E-state index contributed by atoms with van der Waals surface area (Å²) in [5, 5.41) is 6.12. The van der Waals surface area contributed by atoms with Gasteiger partial charge in [-0.15, -0.1) is 0 Å². The summed E-state index contributed by atoms with van der Waals surface area (Å²) in [5.74, 6) is -0.775. The van der Waals surface area contributed by atoms with Gasteiger partial charge in [0.1, 0.15) is 5.82 Å². The molecule has 2 aromatic rings. The molecule has 0 aliphatic heterocycles. The first kappa shape index (κ1) is 15.1. The van der Waals surface area contributed by atoms with E-state index >= 15 is 0 Å². The third-order valence-electron chi connectivity index (χ3n) is 2.52. The van der Waals surface area contributed by atoms with Gasteiger partial charge < -0.3 is 10.6 Å². The van der Waals surface area contributed by atoms with Gasteiger partial charge in [0.2, 0.25) is 5.91 Å². The molecule has 0 spiro atoms. The number of hydrogen-bond acceptors (Lipinski definition) is 2. The maximum Gasteiger partial charge on any atom is 0.243 e. The van der Waals surface area contributed by atoms with E-state index < -0.39 is 5.82 Å². The molecule has 0 heterocycles. The molecule has 0 saturated heterocycles. The Kier molecular flexibility index (Phi) is 5.19. The zero-order valence-corrected chi connectivity index (χ0v) is 13.2. The quantitative estimate of drug-likeness (QED) is 0.752. The van der Waals surface area contributed by atoms with Crippen molar-refractivity contribution in [1.82, 2.24) is 0 Å². The number of halogens is 3. The Labute approximate surface area is 134 Å². The molecule has 104 valence electrons. The van der Waals surface area contributed by atoms with Gasteiger partial charge in [-0.2, -0.15) is 0 Å². The first-order chi connectivity index (χ1) is 9.56. The average Bonchev–Trinajstić information content (AvgIpc) is 2.40. The van der Waals surface area contributed by atoms with Crippen molar-refractivity contribution in [2.24, 2.45) is 0 Å². The van der Waals surface area contributed by atoms with Crippen molar-refractivity contribution in [3.05, 3.63) is 56.9 Å². The lowest BCUT2D eigenvalue weighted by Crippen LogP contribution is -2.22. The lowest BCUT2D eigenvalue weighted by atomic mass is 10.3. The van der Waals surface area contributed by atoms with Gasteiger partial charge in [0, 0.05) is 14.3 Å². The number of carbonyl (C=O) groups excluding carboxylic acids is 1. The third-order valence-corrected chi connectivity index (χ3v) is 3.65. The molecule has 1 amide bonds. The van der Waals surface area contributed by atoms with Crippen LogP contribution in [0.1, 0.15) is 0 Å². The van der Waals surface area contributed by atoms with Crippen LogP contribution in [0.25, 0.3) is 0 Å². The molecule has 20 heavy (non-hydrogen) atoms. The Morgan fingerprint density at radius 1 is 1.20 bits per heavy atom. The second kappa shape index (κ2) is 6.90. The number of nitrogens with one attached hydrogen (secondary N) is 2. The van der Waals surface area contributed by atoms with E-state index in [4.69, 9.17) is 11.6 Å². The van der Waals surface area contributed by atoms with Crippen LogP contribution in [0.3, 0.4) is 0 Å². The fourth-order valence-corrected chi connectivity index (χ4v) is 2.63. The van der Waals surface area contributed by atoms with E-state index in [0.717, 1.165) is 9.26 Å². The molecular formula is C14H11ClFIN2O. The summed E-state index contributed by atoms with van der Waals surface area (Å²) >= 11 is 7.97. The van der Waals surface area contributed by atoms with Crippen LogP contribution in [0.2, 0.25) is 5.02 Å². The SMILES string of the molecule is O=C(CNc1ccc(Cl)cc1I)Nc1ccccc1F. The van der Waals surface area contributed by atoms with Crippen molar-refractivity contribution in [3.8, 4) is 0 Å². The summed E-state index contributed by atoms with van der Waals surface area (Å²) in [6, 6.07) is 11.4. The zero-order valence-electron chi connectivity index (χ0n) is 10.3. The molecule has 0 fully saturated rings. The average molecular weight is 405 g/mol. The van der Waals surface area contributed by atoms with Crippen molar-refractivity contribution in [2.45, 2.75) is 0 Å². The van der Waals surface area contributed by atoms with Crippen LogP contribution in [0.15, 0.2) is 42.5 Å². The van der Waals surface area contributed by atoms with E-state index in [1.807, 2.05) is 0 Å². The van der Waals surface area contributed by atoms with Gasteiger partial charge in [-0.25, -0.2) is 4.39 Å². The van der Waals surface area contributed by atoms with Gasteiger partial charge in [0.25, 0.3) is 0 Å². The summed E-state index contributed by atoms with van der Waals surface area (Å²) in [6.45, 7) is 0.0476. The molecule has 0 aliphatic carbocycles. The fraction of sp³-hybridized carbons (Fsp3) is 0.0714. The monoisotopic (exact) mass is 404 g/mol. The first-order valence-electron chi connectivity index (χ1n) is 5.79. The summed E-state index contributed by atoms with van der Waals surface area (Å²) in [7, 11) is 0. The van der Waals surface area contributed by atoms with E-state index in [0.29, 0.717) is 5.02 Å². The number of amides is 1. The standard InChI is InChI=1S/C14H11ClFIN2O/c15-9-5-6-13(11(17)7-9)18-8-14(20)19-12-4-2-1-3-10(12)16/h1-7,18H,8H2,(H,19,20). The number of anilines is 2. The van der Waals surface area contributed by atoms with Gasteiger partial charge in [-0.3, -0.25) is 4.79 Å². The van der Waals surface area contributed by atoms with Crippen LogP contribution in [-0.4, -0.2) is 12.5 Å². The van der Waals surface area contributed by atoms with E-state index in [-0.39, 0.29) is 18.1 Å². The maximum absolute atomic E-state index is 13.4. The highest BCUT2D eigenvalue weighted by molar-refractivity contribution is 14.1. The molecule has 6 heteroatoms. The maximum atomic E-state index is 13.4. The second-order valence-corrected chi connectivity index (χ2v) is 5.60. The Bertz CT molecular complexity index is 636. The predicted molar refractivity (Wildman–Crippen MR) is 87.7 cm³/mol. The van der Waals surface area contributed by atoms with Crippen LogP contribution < -0.4 is 10.6 Å². The van der Waals surface area contributed by atoms with E-state index in [9.17, 15) is 9.18 Å². The summed E-state index contributed by atoms with van der Waals surface area (Å²) < 4.78 is 14.3. The Morgan fingerprint density at radius 2 is 1.95 bits per heavy atom. The predicted octanol–water partition coefficient (Wildman–Crippen LogP) is 4.13. The van der Waals surface area contributed by atoms with Gasteiger partial charge in [-0.05, 0) is 52.9 Å². The molecular weight excluding hydrogens is 394 g/mol. The highest BCUT2D eigenvalue weighted by Crippen LogP contribution is 2.22. The molecule has 2 rings (SSSR count). The molecule has 0 bridgehead atoms. The number of rotatable bonds is 4. The molecule has 0 unspecified atom stereocenters. The Balaban J connectivity index is 1.94. The Hall–Kier alpha value is -1.34. The van der Waals surface area contributed by atoms with Crippen molar-refractivity contribution in [2.75, 3.05) is 17.2 Å². The van der Waals surface area contributed by atoms with Crippen molar-refractivity contribution in [3.63, 3.8) is 0 Å². The van der Waals surface area contributed by atoms with Gasteiger partial charge in [-0.1, -0.05) is 23.7 Å². The molecule has 0 aliphatic rings.